The van der Waals surface area contributed by atoms with Crippen molar-refractivity contribution in [3.05, 3.63) is 65.2 Å². The lowest BCUT2D eigenvalue weighted by molar-refractivity contribution is 0.0963. The molecule has 4 heterocycles. The van der Waals surface area contributed by atoms with E-state index >= 15 is 0 Å². The first-order valence-corrected chi connectivity index (χ1v) is 12.6. The van der Waals surface area contributed by atoms with E-state index in [2.05, 4.69) is 31.8 Å². The van der Waals surface area contributed by atoms with Gasteiger partial charge in [0.15, 0.2) is 11.6 Å². The van der Waals surface area contributed by atoms with E-state index in [9.17, 15) is 4.79 Å². The van der Waals surface area contributed by atoms with Crippen molar-refractivity contribution in [1.29, 1.82) is 0 Å². The van der Waals surface area contributed by atoms with E-state index in [1.807, 2.05) is 42.6 Å². The number of aromatic amines is 1. The molecule has 2 aromatic carbocycles. The molecule has 1 aliphatic heterocycles. The fourth-order valence-electron chi connectivity index (χ4n) is 4.43. The average Bonchev–Trinajstić information content (AvgIpc) is 3.58. The van der Waals surface area contributed by atoms with Gasteiger partial charge >= 0.3 is 0 Å². The van der Waals surface area contributed by atoms with Gasteiger partial charge in [-0.25, -0.2) is 9.97 Å². The standard InChI is InChI=1S/C26H25N7O2S/c1-27-26(34)16-4-2-5-17(12-16)28-14-18-13-22-23(36-18)25(33-8-10-35-11-9-33)31-24(30-22)19-6-3-7-21-20(19)15-29-32-21/h2-7,12-13,15,28H,8-11,14H2,1H3,(H,27,34)(H,29,32). The van der Waals surface area contributed by atoms with Crippen LogP contribution < -0.4 is 15.5 Å². The third-order valence-electron chi connectivity index (χ3n) is 6.26. The number of nitrogens with one attached hydrogen (secondary N) is 3. The first-order chi connectivity index (χ1) is 17.7. The second-order valence-corrected chi connectivity index (χ2v) is 9.68. The Labute approximate surface area is 211 Å². The number of amides is 1. The maximum absolute atomic E-state index is 12.0. The van der Waals surface area contributed by atoms with Crippen LogP contribution in [0.4, 0.5) is 11.5 Å². The van der Waals surface area contributed by atoms with Crippen molar-refractivity contribution in [3.8, 4) is 11.4 Å². The molecule has 1 fully saturated rings. The van der Waals surface area contributed by atoms with Crippen molar-refractivity contribution >= 4 is 49.9 Å². The van der Waals surface area contributed by atoms with Crippen molar-refractivity contribution in [2.75, 3.05) is 43.6 Å². The van der Waals surface area contributed by atoms with Crippen molar-refractivity contribution in [1.82, 2.24) is 25.5 Å². The Morgan fingerprint density at radius 2 is 2.00 bits per heavy atom. The zero-order valence-corrected chi connectivity index (χ0v) is 20.6. The molecule has 9 nitrogen and oxygen atoms in total. The number of aromatic nitrogens is 4. The SMILES string of the molecule is CNC(=O)c1cccc(NCc2cc3nc(-c4cccc5[nH]ncc45)nc(N4CCOCC4)c3s2)c1. The van der Waals surface area contributed by atoms with Gasteiger partial charge in [0.25, 0.3) is 5.91 Å². The molecule has 0 aliphatic carbocycles. The molecule has 1 saturated heterocycles. The molecule has 5 aromatic rings. The summed E-state index contributed by atoms with van der Waals surface area (Å²) in [6, 6.07) is 15.7. The molecule has 0 radical (unpaired) electrons. The molecule has 3 N–H and O–H groups in total. The Balaban J connectivity index is 1.37. The minimum absolute atomic E-state index is 0.105. The Morgan fingerprint density at radius 3 is 2.86 bits per heavy atom. The molecular weight excluding hydrogens is 474 g/mol. The minimum atomic E-state index is -0.105. The summed E-state index contributed by atoms with van der Waals surface area (Å²) >= 11 is 1.69. The van der Waals surface area contributed by atoms with Crippen molar-refractivity contribution in [3.63, 3.8) is 0 Å². The van der Waals surface area contributed by atoms with E-state index in [1.165, 1.54) is 0 Å². The van der Waals surface area contributed by atoms with E-state index < -0.39 is 0 Å². The monoisotopic (exact) mass is 499 g/mol. The number of morpholine rings is 1. The second kappa shape index (κ2) is 9.56. The number of nitrogens with zero attached hydrogens (tertiary/aromatic N) is 4. The Hall–Kier alpha value is -4.02. The number of anilines is 2. The quantitative estimate of drug-likeness (QED) is 0.324. The molecule has 6 rings (SSSR count). The van der Waals surface area contributed by atoms with Gasteiger partial charge < -0.3 is 20.3 Å². The van der Waals surface area contributed by atoms with Crippen LogP contribution in [-0.2, 0) is 11.3 Å². The Kier molecular flexibility index (Phi) is 5.96. The number of thiophene rings is 1. The Bertz CT molecular complexity index is 1550. The van der Waals surface area contributed by atoms with Crippen LogP contribution in [0.1, 0.15) is 15.2 Å². The number of carbonyl (C=O) groups excluding carboxylic acids is 1. The minimum Gasteiger partial charge on any atom is -0.380 e. The fraction of sp³-hybridized carbons (Fsp3) is 0.231. The Morgan fingerprint density at radius 1 is 1.14 bits per heavy atom. The third kappa shape index (κ3) is 4.25. The predicted octanol–water partition coefficient (Wildman–Crippen LogP) is 4.04. The number of hydrogen-bond donors (Lipinski definition) is 3. The lowest BCUT2D eigenvalue weighted by Crippen LogP contribution is -2.36. The van der Waals surface area contributed by atoms with Crippen LogP contribution >= 0.6 is 11.3 Å². The van der Waals surface area contributed by atoms with Gasteiger partial charge in [0, 0.05) is 53.8 Å². The molecule has 0 bridgehead atoms. The van der Waals surface area contributed by atoms with Gasteiger partial charge in [-0.3, -0.25) is 9.89 Å². The first kappa shape index (κ1) is 22.4. The lowest BCUT2D eigenvalue weighted by atomic mass is 10.1. The molecular formula is C26H25N7O2S. The number of fused-ring (bicyclic) bond motifs is 2. The molecule has 10 heteroatoms. The van der Waals surface area contributed by atoms with Gasteiger partial charge in [-0.05, 0) is 30.3 Å². The predicted molar refractivity (Wildman–Crippen MR) is 143 cm³/mol. The van der Waals surface area contributed by atoms with Crippen LogP contribution in [0.3, 0.4) is 0 Å². The van der Waals surface area contributed by atoms with Crippen LogP contribution in [0.25, 0.3) is 32.5 Å². The van der Waals surface area contributed by atoms with E-state index in [-0.39, 0.29) is 5.91 Å². The number of ether oxygens (including phenoxy) is 1. The molecule has 0 saturated carbocycles. The summed E-state index contributed by atoms with van der Waals surface area (Å²) in [4.78, 5) is 25.4. The van der Waals surface area contributed by atoms with Crippen molar-refractivity contribution in [2.45, 2.75) is 6.54 Å². The van der Waals surface area contributed by atoms with Gasteiger partial charge in [-0.2, -0.15) is 5.10 Å². The number of rotatable bonds is 6. The zero-order chi connectivity index (χ0) is 24.5. The summed E-state index contributed by atoms with van der Waals surface area (Å²) in [5.74, 6) is 1.52. The third-order valence-corrected chi connectivity index (χ3v) is 7.38. The smallest absolute Gasteiger partial charge is 0.251 e. The highest BCUT2D eigenvalue weighted by Gasteiger charge is 2.21. The van der Waals surface area contributed by atoms with Gasteiger partial charge in [-0.15, -0.1) is 11.3 Å². The molecule has 1 amide bonds. The van der Waals surface area contributed by atoms with Crippen molar-refractivity contribution in [2.24, 2.45) is 0 Å². The van der Waals surface area contributed by atoms with Crippen LogP contribution in [-0.4, -0.2) is 59.4 Å². The van der Waals surface area contributed by atoms with Gasteiger partial charge in [0.2, 0.25) is 0 Å². The highest BCUT2D eigenvalue weighted by molar-refractivity contribution is 7.19. The van der Waals surface area contributed by atoms with Crippen LogP contribution in [0.15, 0.2) is 54.7 Å². The number of hydrogen-bond acceptors (Lipinski definition) is 8. The van der Waals surface area contributed by atoms with Gasteiger partial charge in [0.05, 0.1) is 35.1 Å². The second-order valence-electron chi connectivity index (χ2n) is 8.55. The lowest BCUT2D eigenvalue weighted by Gasteiger charge is -2.28. The van der Waals surface area contributed by atoms with Gasteiger partial charge in [-0.1, -0.05) is 18.2 Å². The van der Waals surface area contributed by atoms with Crippen LogP contribution in [0.5, 0.6) is 0 Å². The fourth-order valence-corrected chi connectivity index (χ4v) is 5.48. The summed E-state index contributed by atoms with van der Waals surface area (Å²) in [6.45, 7) is 3.56. The summed E-state index contributed by atoms with van der Waals surface area (Å²) in [7, 11) is 1.63. The van der Waals surface area contributed by atoms with E-state index in [4.69, 9.17) is 14.7 Å². The molecule has 1 aliphatic rings. The maximum atomic E-state index is 12.0. The average molecular weight is 500 g/mol. The highest BCUT2D eigenvalue weighted by Crippen LogP contribution is 2.36. The van der Waals surface area contributed by atoms with E-state index in [1.54, 1.807) is 24.5 Å². The number of H-pyrrole nitrogens is 1. The zero-order valence-electron chi connectivity index (χ0n) is 19.7. The first-order valence-electron chi connectivity index (χ1n) is 11.8. The van der Waals surface area contributed by atoms with Gasteiger partial charge in [0.1, 0.15) is 0 Å². The number of benzene rings is 2. The van der Waals surface area contributed by atoms with Crippen LogP contribution in [0.2, 0.25) is 0 Å². The number of carbonyl (C=O) groups is 1. The maximum Gasteiger partial charge on any atom is 0.251 e. The summed E-state index contributed by atoms with van der Waals surface area (Å²) in [5.41, 5.74) is 4.34. The molecule has 0 spiro atoms. The summed E-state index contributed by atoms with van der Waals surface area (Å²) in [5, 5.41) is 14.3. The molecule has 182 valence electrons. The summed E-state index contributed by atoms with van der Waals surface area (Å²) < 4.78 is 6.66. The summed E-state index contributed by atoms with van der Waals surface area (Å²) in [6.07, 6.45) is 1.82. The molecule has 0 unspecified atom stereocenters. The molecule has 3 aromatic heterocycles. The van der Waals surface area contributed by atoms with E-state index in [0.717, 1.165) is 56.2 Å². The van der Waals surface area contributed by atoms with Crippen molar-refractivity contribution < 1.29 is 9.53 Å². The molecule has 0 atom stereocenters. The van der Waals surface area contributed by atoms with E-state index in [0.29, 0.717) is 31.1 Å². The highest BCUT2D eigenvalue weighted by atomic mass is 32.1. The normalized spacial score (nSPS) is 13.9. The topological polar surface area (TPSA) is 108 Å². The molecule has 36 heavy (non-hydrogen) atoms. The largest absolute Gasteiger partial charge is 0.380 e. The van der Waals surface area contributed by atoms with Crippen LogP contribution in [0, 0.1) is 0 Å².